The molecule has 4 rings (SSSR count). The third kappa shape index (κ3) is 2.36. The molecular formula is C17H13BrFNOS. The lowest BCUT2D eigenvalue weighted by Crippen LogP contribution is -2.24. The maximum atomic E-state index is 13.6. The Bertz CT molecular complexity index is 766. The summed E-state index contributed by atoms with van der Waals surface area (Å²) in [6.07, 6.45) is 4.78. The van der Waals surface area contributed by atoms with Crippen LogP contribution in [0.1, 0.15) is 17.9 Å². The molecule has 1 aromatic rings. The van der Waals surface area contributed by atoms with Gasteiger partial charge < -0.3 is 4.74 Å². The zero-order chi connectivity index (χ0) is 15.1. The fraction of sp³-hybridized carbons (Fsp3) is 0.235. The van der Waals surface area contributed by atoms with Crippen LogP contribution in [0, 0.1) is 5.82 Å². The van der Waals surface area contributed by atoms with Crippen molar-refractivity contribution in [1.82, 2.24) is 0 Å². The Morgan fingerprint density at radius 1 is 1.36 bits per heavy atom. The summed E-state index contributed by atoms with van der Waals surface area (Å²) in [5.41, 5.74) is 5.58. The van der Waals surface area contributed by atoms with E-state index < -0.39 is 0 Å². The molecule has 0 N–H and O–H groups in total. The van der Waals surface area contributed by atoms with Crippen LogP contribution in [0.3, 0.4) is 0 Å². The molecule has 0 amide bonds. The average Bonchev–Trinajstić information content (AvgIpc) is 2.55. The van der Waals surface area contributed by atoms with Gasteiger partial charge in [0.1, 0.15) is 5.82 Å². The zero-order valence-corrected chi connectivity index (χ0v) is 14.1. The van der Waals surface area contributed by atoms with E-state index in [0.29, 0.717) is 11.1 Å². The van der Waals surface area contributed by atoms with E-state index in [9.17, 15) is 4.39 Å². The molecule has 0 spiro atoms. The number of allylic oxidation sites excluding steroid dienone is 3. The van der Waals surface area contributed by atoms with Crippen molar-refractivity contribution in [3.63, 3.8) is 0 Å². The molecule has 0 fully saturated rings. The minimum atomic E-state index is -0.244. The molecule has 1 aromatic carbocycles. The predicted octanol–water partition coefficient (Wildman–Crippen LogP) is 4.95. The molecule has 0 aromatic heterocycles. The van der Waals surface area contributed by atoms with Crippen molar-refractivity contribution in [2.75, 3.05) is 12.4 Å². The summed E-state index contributed by atoms with van der Waals surface area (Å²) in [6.45, 7) is 0.674. The Morgan fingerprint density at radius 2 is 2.27 bits per heavy atom. The Labute approximate surface area is 141 Å². The molecule has 3 heterocycles. The lowest BCUT2D eigenvalue weighted by atomic mass is 9.79. The first kappa shape index (κ1) is 14.3. The third-order valence-electron chi connectivity index (χ3n) is 4.07. The van der Waals surface area contributed by atoms with E-state index in [2.05, 4.69) is 27.4 Å². The fourth-order valence-electron chi connectivity index (χ4n) is 3.04. The summed E-state index contributed by atoms with van der Waals surface area (Å²) >= 11 is 5.05. The van der Waals surface area contributed by atoms with Gasteiger partial charge >= 0.3 is 0 Å². The van der Waals surface area contributed by atoms with Crippen LogP contribution in [0.2, 0.25) is 0 Å². The van der Waals surface area contributed by atoms with Crippen LogP contribution in [0.25, 0.3) is 0 Å². The van der Waals surface area contributed by atoms with Gasteiger partial charge in [0.05, 0.1) is 28.8 Å². The lowest BCUT2D eigenvalue weighted by molar-refractivity contribution is 0.249. The highest BCUT2D eigenvalue weighted by molar-refractivity contribution is 9.10. The number of thioether (sulfide) groups is 1. The molecule has 0 aliphatic carbocycles. The van der Waals surface area contributed by atoms with Crippen LogP contribution < -0.4 is 0 Å². The molecule has 1 unspecified atom stereocenters. The topological polar surface area (TPSA) is 21.6 Å². The second-order valence-electron chi connectivity index (χ2n) is 5.37. The Kier molecular flexibility index (Phi) is 3.70. The van der Waals surface area contributed by atoms with Gasteiger partial charge in [-0.3, -0.25) is 4.99 Å². The maximum absolute atomic E-state index is 13.6. The summed E-state index contributed by atoms with van der Waals surface area (Å²) in [6, 6.07) is 5.22. The molecule has 0 bridgehead atoms. The van der Waals surface area contributed by atoms with E-state index in [1.165, 1.54) is 11.6 Å². The van der Waals surface area contributed by atoms with Crippen molar-refractivity contribution in [2.45, 2.75) is 12.3 Å². The quantitative estimate of drug-likeness (QED) is 0.690. The van der Waals surface area contributed by atoms with Crippen molar-refractivity contribution in [3.8, 4) is 0 Å². The highest BCUT2D eigenvalue weighted by atomic mass is 79.9. The highest BCUT2D eigenvalue weighted by Crippen LogP contribution is 2.44. The van der Waals surface area contributed by atoms with Crippen LogP contribution in [0.5, 0.6) is 0 Å². The van der Waals surface area contributed by atoms with E-state index in [-0.39, 0.29) is 11.7 Å². The number of halogens is 2. The number of hydrogen-bond acceptors (Lipinski definition) is 3. The smallest absolute Gasteiger partial charge is 0.137 e. The Balaban J connectivity index is 1.89. The molecule has 0 saturated heterocycles. The third-order valence-corrected chi connectivity index (χ3v) is 5.44. The van der Waals surface area contributed by atoms with E-state index in [0.717, 1.165) is 34.7 Å². The second kappa shape index (κ2) is 5.70. The van der Waals surface area contributed by atoms with Crippen molar-refractivity contribution in [1.29, 1.82) is 0 Å². The molecule has 2 nitrogen and oxygen atoms in total. The van der Waals surface area contributed by atoms with Crippen molar-refractivity contribution in [3.05, 3.63) is 68.6 Å². The lowest BCUT2D eigenvalue weighted by Gasteiger charge is -2.32. The summed E-state index contributed by atoms with van der Waals surface area (Å²) < 4.78 is 19.6. The number of hydrogen-bond donors (Lipinski definition) is 0. The standard InChI is InChI=1S/C17H13BrFNOS/c18-13-7-10(1-2-14(13)19)17-11-4-6-22-9-16(11)20-15-3-5-21-8-12(15)17/h1-2,4,6-8,17H,3,5,9H2. The number of benzene rings is 1. The van der Waals surface area contributed by atoms with Crippen LogP contribution in [0.15, 0.2) is 62.3 Å². The monoisotopic (exact) mass is 377 g/mol. The SMILES string of the molecule is Fc1ccc(C2C3=COCCC3=NC3=C2C=CSC3)cc1Br. The molecule has 3 aliphatic heterocycles. The first-order chi connectivity index (χ1) is 10.7. The highest BCUT2D eigenvalue weighted by Gasteiger charge is 2.33. The minimum absolute atomic E-state index is 0.0665. The number of nitrogens with zero attached hydrogens (tertiary/aromatic N) is 1. The van der Waals surface area contributed by atoms with Gasteiger partial charge in [0, 0.05) is 23.7 Å². The molecular weight excluding hydrogens is 365 g/mol. The largest absolute Gasteiger partial charge is 0.500 e. The second-order valence-corrected chi connectivity index (χ2v) is 7.12. The molecule has 0 radical (unpaired) electrons. The summed E-state index contributed by atoms with van der Waals surface area (Å²) in [5, 5.41) is 2.11. The molecule has 1 atom stereocenters. The Morgan fingerprint density at radius 3 is 3.14 bits per heavy atom. The van der Waals surface area contributed by atoms with Crippen LogP contribution >= 0.6 is 27.7 Å². The molecule has 112 valence electrons. The predicted molar refractivity (Wildman–Crippen MR) is 91.6 cm³/mol. The van der Waals surface area contributed by atoms with E-state index in [4.69, 9.17) is 9.73 Å². The molecule has 5 heteroatoms. The number of aliphatic imine (C=N–C) groups is 1. The van der Waals surface area contributed by atoms with Crippen LogP contribution in [-0.2, 0) is 4.74 Å². The summed E-state index contributed by atoms with van der Waals surface area (Å²) in [4.78, 5) is 4.83. The maximum Gasteiger partial charge on any atom is 0.137 e. The number of ether oxygens (including phenoxy) is 1. The van der Waals surface area contributed by atoms with Gasteiger partial charge in [0.2, 0.25) is 0 Å². The molecule has 22 heavy (non-hydrogen) atoms. The van der Waals surface area contributed by atoms with Crippen molar-refractivity contribution < 1.29 is 9.13 Å². The molecule has 3 aliphatic rings. The summed E-state index contributed by atoms with van der Waals surface area (Å²) in [5.74, 6) is 0.714. The number of rotatable bonds is 1. The first-order valence-electron chi connectivity index (χ1n) is 7.10. The minimum Gasteiger partial charge on any atom is -0.500 e. The van der Waals surface area contributed by atoms with Gasteiger partial charge in [-0.1, -0.05) is 6.07 Å². The van der Waals surface area contributed by atoms with E-state index in [1.54, 1.807) is 11.8 Å². The van der Waals surface area contributed by atoms with Gasteiger partial charge in [-0.2, -0.15) is 0 Å². The van der Waals surface area contributed by atoms with Crippen LogP contribution in [-0.4, -0.2) is 18.1 Å². The van der Waals surface area contributed by atoms with Gasteiger partial charge in [-0.15, -0.1) is 11.8 Å². The van der Waals surface area contributed by atoms with Gasteiger partial charge in [0.15, 0.2) is 0 Å². The fourth-order valence-corrected chi connectivity index (χ4v) is 4.17. The van der Waals surface area contributed by atoms with Gasteiger partial charge in [0.25, 0.3) is 0 Å². The number of fused-ring (bicyclic) bond motifs is 1. The van der Waals surface area contributed by atoms with E-state index >= 15 is 0 Å². The first-order valence-corrected chi connectivity index (χ1v) is 8.94. The van der Waals surface area contributed by atoms with Gasteiger partial charge in [-0.05, 0) is 50.7 Å². The zero-order valence-electron chi connectivity index (χ0n) is 11.7. The van der Waals surface area contributed by atoms with E-state index in [1.807, 2.05) is 18.4 Å². The normalized spacial score (nSPS) is 23.3. The van der Waals surface area contributed by atoms with Crippen LogP contribution in [0.4, 0.5) is 4.39 Å². The molecule has 0 saturated carbocycles. The van der Waals surface area contributed by atoms with Crippen molar-refractivity contribution in [2.24, 2.45) is 4.99 Å². The average molecular weight is 378 g/mol. The van der Waals surface area contributed by atoms with Crippen molar-refractivity contribution >= 4 is 33.4 Å². The summed E-state index contributed by atoms with van der Waals surface area (Å²) in [7, 11) is 0. The Hall–Kier alpha value is -1.33. The van der Waals surface area contributed by atoms with Gasteiger partial charge in [-0.25, -0.2) is 4.39 Å².